The number of rotatable bonds is 4. The van der Waals surface area contributed by atoms with Crippen molar-refractivity contribution in [1.82, 2.24) is 20.1 Å². The molecule has 2 aliphatic rings. The normalized spacial score (nSPS) is 21.7. The van der Waals surface area contributed by atoms with Gasteiger partial charge in [-0.15, -0.1) is 0 Å². The third-order valence-corrected chi connectivity index (χ3v) is 4.51. The van der Waals surface area contributed by atoms with Gasteiger partial charge < -0.3 is 19.5 Å². The number of carbonyl (C=O) groups is 2. The van der Waals surface area contributed by atoms with Crippen LogP contribution in [-0.4, -0.2) is 58.9 Å². The Bertz CT molecular complexity index is 598. The molecule has 1 atom stereocenters. The van der Waals surface area contributed by atoms with Gasteiger partial charge in [0.15, 0.2) is 5.89 Å². The predicted molar refractivity (Wildman–Crippen MR) is 84.3 cm³/mol. The molecule has 0 aliphatic carbocycles. The van der Waals surface area contributed by atoms with E-state index in [-0.39, 0.29) is 18.0 Å². The van der Waals surface area contributed by atoms with Crippen molar-refractivity contribution >= 4 is 11.9 Å². The van der Waals surface area contributed by atoms with Gasteiger partial charge in [0.05, 0.1) is 11.7 Å². The fraction of sp³-hybridized carbons (Fsp3) is 0.688. The van der Waals surface area contributed by atoms with Gasteiger partial charge in [0, 0.05) is 32.6 Å². The summed E-state index contributed by atoms with van der Waals surface area (Å²) < 4.78 is 5.66. The first-order valence-corrected chi connectivity index (χ1v) is 8.40. The molecule has 0 radical (unpaired) electrons. The molecule has 0 aromatic carbocycles. The van der Waals surface area contributed by atoms with E-state index in [4.69, 9.17) is 4.42 Å². The van der Waals surface area contributed by atoms with Crippen LogP contribution < -0.4 is 5.32 Å². The minimum absolute atomic E-state index is 0.0228. The molecule has 7 nitrogen and oxygen atoms in total. The number of nitrogens with zero attached hydrogens (tertiary/aromatic N) is 3. The number of aryl methyl sites for hydroxylation is 2. The number of likely N-dealkylation sites (tertiary alicyclic amines) is 1. The third kappa shape index (κ3) is 3.18. The van der Waals surface area contributed by atoms with Crippen molar-refractivity contribution in [3.8, 4) is 0 Å². The van der Waals surface area contributed by atoms with Gasteiger partial charge >= 0.3 is 6.03 Å². The molecule has 1 N–H and O–H groups in total. The lowest BCUT2D eigenvalue weighted by atomic mass is 10.0. The molecule has 1 aromatic heterocycles. The maximum atomic E-state index is 12.8. The van der Waals surface area contributed by atoms with Crippen molar-refractivity contribution in [2.75, 3.05) is 26.2 Å². The Morgan fingerprint density at radius 1 is 1.43 bits per heavy atom. The van der Waals surface area contributed by atoms with E-state index >= 15 is 0 Å². The largest absolute Gasteiger partial charge is 0.435 e. The molecule has 0 bridgehead atoms. The smallest absolute Gasteiger partial charge is 0.317 e. The first-order valence-electron chi connectivity index (χ1n) is 8.40. The minimum Gasteiger partial charge on any atom is -0.435 e. The summed E-state index contributed by atoms with van der Waals surface area (Å²) in [6.07, 6.45) is 3.51. The number of nitrogens with one attached hydrogen (secondary N) is 1. The highest BCUT2D eigenvalue weighted by molar-refractivity contribution is 5.92. The van der Waals surface area contributed by atoms with Crippen LogP contribution in [0.1, 0.15) is 48.3 Å². The van der Waals surface area contributed by atoms with Gasteiger partial charge in [0.2, 0.25) is 5.76 Å². The number of amides is 3. The number of aromatic nitrogens is 1. The summed E-state index contributed by atoms with van der Waals surface area (Å²) in [5.41, 5.74) is 0.652. The average Bonchev–Trinajstić information content (AvgIpc) is 3.13. The average molecular weight is 320 g/mol. The summed E-state index contributed by atoms with van der Waals surface area (Å²) in [6, 6.07) is 0.0684. The Hall–Kier alpha value is -2.05. The molecule has 126 valence electrons. The van der Waals surface area contributed by atoms with Gasteiger partial charge in [0.1, 0.15) is 0 Å². The van der Waals surface area contributed by atoms with E-state index in [0.717, 1.165) is 25.7 Å². The van der Waals surface area contributed by atoms with Crippen LogP contribution in [0.4, 0.5) is 4.79 Å². The number of oxazole rings is 1. The second-order valence-corrected chi connectivity index (χ2v) is 6.24. The fourth-order valence-electron chi connectivity index (χ4n) is 3.34. The van der Waals surface area contributed by atoms with Gasteiger partial charge in [-0.25, -0.2) is 9.78 Å². The molecular formula is C16H24N4O3. The van der Waals surface area contributed by atoms with E-state index in [9.17, 15) is 9.59 Å². The molecule has 0 spiro atoms. The van der Waals surface area contributed by atoms with E-state index in [0.29, 0.717) is 43.5 Å². The number of hydrogen-bond acceptors (Lipinski definition) is 4. The fourth-order valence-corrected chi connectivity index (χ4v) is 3.34. The third-order valence-electron chi connectivity index (χ3n) is 4.51. The van der Waals surface area contributed by atoms with E-state index in [2.05, 4.69) is 17.2 Å². The zero-order valence-electron chi connectivity index (χ0n) is 13.8. The molecule has 3 amide bonds. The van der Waals surface area contributed by atoms with Crippen LogP contribution in [0.25, 0.3) is 0 Å². The lowest BCUT2D eigenvalue weighted by Gasteiger charge is -2.36. The lowest BCUT2D eigenvalue weighted by molar-refractivity contribution is 0.0601. The highest BCUT2D eigenvalue weighted by atomic mass is 16.4. The van der Waals surface area contributed by atoms with E-state index in [1.807, 2.05) is 11.8 Å². The standard InChI is InChI=1S/C16H24N4O3/c1-3-5-13-18-11(2)14(23-13)15(21)19-8-4-6-12(10-19)20-9-7-17-16(20)22/h12H,3-10H2,1-2H3,(H,17,22). The second kappa shape index (κ2) is 6.60. The summed E-state index contributed by atoms with van der Waals surface area (Å²) >= 11 is 0. The van der Waals surface area contributed by atoms with Crippen LogP contribution >= 0.6 is 0 Å². The number of urea groups is 1. The summed E-state index contributed by atoms with van der Waals surface area (Å²) in [5, 5.41) is 2.82. The van der Waals surface area contributed by atoms with Crippen molar-refractivity contribution in [3.05, 3.63) is 17.3 Å². The van der Waals surface area contributed by atoms with E-state index < -0.39 is 0 Å². The molecule has 2 saturated heterocycles. The Morgan fingerprint density at radius 2 is 2.26 bits per heavy atom. The monoisotopic (exact) mass is 320 g/mol. The Balaban J connectivity index is 1.70. The highest BCUT2D eigenvalue weighted by Gasteiger charge is 2.34. The number of hydrogen-bond donors (Lipinski definition) is 1. The summed E-state index contributed by atoms with van der Waals surface area (Å²) in [6.45, 7) is 6.53. The first-order chi connectivity index (χ1) is 11.1. The Morgan fingerprint density at radius 3 is 2.96 bits per heavy atom. The molecule has 23 heavy (non-hydrogen) atoms. The number of carbonyl (C=O) groups excluding carboxylic acids is 2. The van der Waals surface area contributed by atoms with Crippen molar-refractivity contribution in [3.63, 3.8) is 0 Å². The zero-order chi connectivity index (χ0) is 16.4. The molecular weight excluding hydrogens is 296 g/mol. The quantitative estimate of drug-likeness (QED) is 0.913. The SMILES string of the molecule is CCCc1nc(C)c(C(=O)N2CCCC(N3CCNC3=O)C2)o1. The molecule has 2 aliphatic heterocycles. The molecule has 0 saturated carbocycles. The minimum atomic E-state index is -0.110. The molecule has 1 unspecified atom stereocenters. The Kier molecular flexibility index (Phi) is 4.54. The van der Waals surface area contributed by atoms with Crippen molar-refractivity contribution in [1.29, 1.82) is 0 Å². The summed E-state index contributed by atoms with van der Waals surface area (Å²) in [5.74, 6) is 0.863. The van der Waals surface area contributed by atoms with Gasteiger partial charge in [-0.05, 0) is 26.2 Å². The topological polar surface area (TPSA) is 78.7 Å². The lowest BCUT2D eigenvalue weighted by Crippen LogP contribution is -2.50. The van der Waals surface area contributed by atoms with E-state index in [1.165, 1.54) is 0 Å². The van der Waals surface area contributed by atoms with Crippen molar-refractivity contribution in [2.45, 2.75) is 45.6 Å². The van der Waals surface area contributed by atoms with Crippen molar-refractivity contribution < 1.29 is 14.0 Å². The van der Waals surface area contributed by atoms with Crippen LogP contribution in [0.15, 0.2) is 4.42 Å². The van der Waals surface area contributed by atoms with Gasteiger partial charge in [-0.2, -0.15) is 0 Å². The molecule has 3 rings (SSSR count). The van der Waals surface area contributed by atoms with Gasteiger partial charge in [-0.3, -0.25) is 4.79 Å². The highest BCUT2D eigenvalue weighted by Crippen LogP contribution is 2.21. The predicted octanol–water partition coefficient (Wildman–Crippen LogP) is 1.57. The maximum Gasteiger partial charge on any atom is 0.317 e. The molecule has 7 heteroatoms. The van der Waals surface area contributed by atoms with Crippen LogP contribution in [-0.2, 0) is 6.42 Å². The van der Waals surface area contributed by atoms with Crippen LogP contribution in [0.2, 0.25) is 0 Å². The van der Waals surface area contributed by atoms with Crippen LogP contribution in [0.5, 0.6) is 0 Å². The first kappa shape index (κ1) is 15.8. The van der Waals surface area contributed by atoms with Crippen molar-refractivity contribution in [2.24, 2.45) is 0 Å². The molecule has 2 fully saturated rings. The van der Waals surface area contributed by atoms with Crippen LogP contribution in [0, 0.1) is 6.92 Å². The van der Waals surface area contributed by atoms with Crippen LogP contribution in [0.3, 0.4) is 0 Å². The molecule has 3 heterocycles. The number of piperidine rings is 1. The second-order valence-electron chi connectivity index (χ2n) is 6.24. The van der Waals surface area contributed by atoms with Gasteiger partial charge in [0.25, 0.3) is 5.91 Å². The molecule has 1 aromatic rings. The zero-order valence-corrected chi connectivity index (χ0v) is 13.8. The summed E-state index contributed by atoms with van der Waals surface area (Å²) in [7, 11) is 0. The maximum absolute atomic E-state index is 12.8. The Labute approximate surface area is 136 Å². The van der Waals surface area contributed by atoms with Gasteiger partial charge in [-0.1, -0.05) is 6.92 Å². The summed E-state index contributed by atoms with van der Waals surface area (Å²) in [4.78, 5) is 32.6. The van der Waals surface area contributed by atoms with E-state index in [1.54, 1.807) is 4.90 Å².